The number of thiazole rings is 1. The summed E-state index contributed by atoms with van der Waals surface area (Å²) >= 11 is 2.99. The molecule has 1 aliphatic rings. The summed E-state index contributed by atoms with van der Waals surface area (Å²) in [5.41, 5.74) is 0.972. The number of rotatable bonds is 3. The summed E-state index contributed by atoms with van der Waals surface area (Å²) < 4.78 is 7.18. The van der Waals surface area contributed by atoms with Crippen LogP contribution in [0.15, 0.2) is 40.5 Å². The minimum absolute atomic E-state index is 0.0661. The number of furan rings is 1. The average Bonchev–Trinajstić information content (AvgIpc) is 3.43. The summed E-state index contributed by atoms with van der Waals surface area (Å²) in [5.74, 6) is 0.196. The summed E-state index contributed by atoms with van der Waals surface area (Å²) in [6, 6.07) is 5.35. The summed E-state index contributed by atoms with van der Waals surface area (Å²) in [6.07, 6.45) is 4.94. The molecule has 1 aliphatic heterocycles. The van der Waals surface area contributed by atoms with E-state index in [2.05, 4.69) is 10.3 Å². The van der Waals surface area contributed by atoms with E-state index < -0.39 is 0 Å². The second-order valence-electron chi connectivity index (χ2n) is 6.49. The fourth-order valence-electron chi connectivity index (χ4n) is 3.40. The van der Waals surface area contributed by atoms with Gasteiger partial charge in [-0.3, -0.25) is 14.0 Å². The summed E-state index contributed by atoms with van der Waals surface area (Å²) in [5, 5.41) is 5.08. The maximum Gasteiger partial charge on any atom is 0.289 e. The standard InChI is InChI=1S/C18H16N4O3S2/c23-15(14-10-12-16(27-14)20-18-22(12)7-9-26-18)19-11-3-5-21(6-4-11)17(24)13-2-1-8-25-13/h1-2,7-11H,3-6H2,(H,19,23). The molecule has 138 valence electrons. The van der Waals surface area contributed by atoms with E-state index in [0.29, 0.717) is 23.7 Å². The Balaban J connectivity index is 1.23. The minimum atomic E-state index is -0.0929. The zero-order valence-corrected chi connectivity index (χ0v) is 15.9. The fourth-order valence-corrected chi connectivity index (χ4v) is 5.10. The number of nitrogens with zero attached hydrogens (tertiary/aromatic N) is 3. The van der Waals surface area contributed by atoms with Gasteiger partial charge in [-0.2, -0.15) is 0 Å². The van der Waals surface area contributed by atoms with Gasteiger partial charge in [-0.15, -0.1) is 22.7 Å². The van der Waals surface area contributed by atoms with E-state index in [1.165, 1.54) is 17.6 Å². The Bertz CT molecular complexity index is 1120. The Kier molecular flexibility index (Phi) is 3.98. The number of aromatic nitrogens is 2. The Morgan fingerprint density at radius 1 is 1.30 bits per heavy atom. The third-order valence-corrected chi connectivity index (χ3v) is 6.59. The van der Waals surface area contributed by atoms with Crippen LogP contribution in [-0.4, -0.2) is 45.2 Å². The molecule has 0 saturated carbocycles. The lowest BCUT2D eigenvalue weighted by Gasteiger charge is -2.31. The fraction of sp³-hybridized carbons (Fsp3) is 0.278. The highest BCUT2D eigenvalue weighted by Gasteiger charge is 2.26. The van der Waals surface area contributed by atoms with Crippen molar-refractivity contribution in [3.05, 3.63) is 46.7 Å². The van der Waals surface area contributed by atoms with Gasteiger partial charge in [-0.1, -0.05) is 0 Å². The van der Waals surface area contributed by atoms with E-state index in [9.17, 15) is 9.59 Å². The van der Waals surface area contributed by atoms with Gasteiger partial charge in [-0.25, -0.2) is 4.98 Å². The Morgan fingerprint density at radius 2 is 2.15 bits per heavy atom. The third kappa shape index (κ3) is 2.92. The number of nitrogens with one attached hydrogen (secondary N) is 1. The van der Waals surface area contributed by atoms with Crippen LogP contribution in [0.1, 0.15) is 33.1 Å². The first kappa shape index (κ1) is 16.5. The average molecular weight is 400 g/mol. The topological polar surface area (TPSA) is 79.8 Å². The number of hydrogen-bond donors (Lipinski definition) is 1. The molecule has 1 saturated heterocycles. The van der Waals surface area contributed by atoms with Gasteiger partial charge in [0.25, 0.3) is 11.8 Å². The van der Waals surface area contributed by atoms with Crippen molar-refractivity contribution in [2.75, 3.05) is 13.1 Å². The van der Waals surface area contributed by atoms with Gasteiger partial charge in [0.05, 0.1) is 16.7 Å². The molecule has 0 aromatic carbocycles. The summed E-state index contributed by atoms with van der Waals surface area (Å²) in [4.78, 5) is 33.7. The molecule has 9 heteroatoms. The van der Waals surface area contributed by atoms with Crippen molar-refractivity contribution in [3.8, 4) is 0 Å². The zero-order chi connectivity index (χ0) is 18.4. The first-order valence-corrected chi connectivity index (χ1v) is 10.4. The van der Waals surface area contributed by atoms with Gasteiger partial charge < -0.3 is 14.6 Å². The van der Waals surface area contributed by atoms with Gasteiger partial charge in [0, 0.05) is 30.7 Å². The minimum Gasteiger partial charge on any atom is -0.459 e. The summed E-state index contributed by atoms with van der Waals surface area (Å²) in [7, 11) is 0. The number of thiophene rings is 1. The Morgan fingerprint density at radius 3 is 2.93 bits per heavy atom. The van der Waals surface area contributed by atoms with Gasteiger partial charge in [0.1, 0.15) is 4.83 Å². The molecule has 1 fully saturated rings. The molecule has 1 N–H and O–H groups in total. The monoisotopic (exact) mass is 400 g/mol. The van der Waals surface area contributed by atoms with Crippen LogP contribution in [0, 0.1) is 0 Å². The predicted octanol–water partition coefficient (Wildman–Crippen LogP) is 3.24. The molecule has 2 amide bonds. The van der Waals surface area contributed by atoms with Crippen LogP contribution in [0.4, 0.5) is 0 Å². The molecule has 4 aromatic rings. The Hall–Kier alpha value is -2.65. The lowest BCUT2D eigenvalue weighted by Crippen LogP contribution is -2.46. The van der Waals surface area contributed by atoms with Crippen molar-refractivity contribution >= 4 is 49.8 Å². The maximum absolute atomic E-state index is 12.6. The predicted molar refractivity (Wildman–Crippen MR) is 104 cm³/mol. The molecule has 0 aliphatic carbocycles. The molecule has 0 unspecified atom stereocenters. The molecule has 4 aromatic heterocycles. The number of hydrogen-bond acceptors (Lipinski definition) is 6. The van der Waals surface area contributed by atoms with Crippen molar-refractivity contribution in [1.29, 1.82) is 0 Å². The smallest absolute Gasteiger partial charge is 0.289 e. The van der Waals surface area contributed by atoms with Crippen LogP contribution >= 0.6 is 22.7 Å². The molecular formula is C18H16N4O3S2. The molecular weight excluding hydrogens is 384 g/mol. The van der Waals surface area contributed by atoms with Crippen LogP contribution in [0.5, 0.6) is 0 Å². The zero-order valence-electron chi connectivity index (χ0n) is 14.3. The van der Waals surface area contributed by atoms with Crippen molar-refractivity contribution in [1.82, 2.24) is 19.6 Å². The van der Waals surface area contributed by atoms with E-state index in [0.717, 1.165) is 28.1 Å². The number of carbonyl (C=O) groups excluding carboxylic acids is 2. The number of fused-ring (bicyclic) bond motifs is 3. The quantitative estimate of drug-likeness (QED) is 0.573. The Labute approximate surface area is 162 Å². The van der Waals surface area contributed by atoms with Crippen molar-refractivity contribution in [3.63, 3.8) is 0 Å². The number of piperidine rings is 1. The van der Waals surface area contributed by atoms with Crippen LogP contribution in [0.25, 0.3) is 15.3 Å². The van der Waals surface area contributed by atoms with Gasteiger partial charge in [0.2, 0.25) is 0 Å². The molecule has 0 spiro atoms. The number of amides is 2. The highest BCUT2D eigenvalue weighted by Crippen LogP contribution is 2.28. The molecule has 5 heterocycles. The van der Waals surface area contributed by atoms with Crippen LogP contribution in [0.3, 0.4) is 0 Å². The normalized spacial score (nSPS) is 15.6. The molecule has 0 atom stereocenters. The lowest BCUT2D eigenvalue weighted by atomic mass is 10.0. The van der Waals surface area contributed by atoms with E-state index >= 15 is 0 Å². The number of likely N-dealkylation sites (tertiary alicyclic amines) is 1. The van der Waals surface area contributed by atoms with Gasteiger partial charge in [-0.05, 0) is 31.0 Å². The van der Waals surface area contributed by atoms with Crippen LogP contribution in [-0.2, 0) is 0 Å². The van der Waals surface area contributed by atoms with E-state index in [1.807, 2.05) is 22.0 Å². The van der Waals surface area contributed by atoms with Crippen molar-refractivity contribution in [2.45, 2.75) is 18.9 Å². The van der Waals surface area contributed by atoms with Crippen LogP contribution < -0.4 is 5.32 Å². The second kappa shape index (κ2) is 6.50. The molecule has 0 radical (unpaired) electrons. The first-order valence-electron chi connectivity index (χ1n) is 8.68. The highest BCUT2D eigenvalue weighted by molar-refractivity contribution is 7.21. The van der Waals surface area contributed by atoms with E-state index in [1.54, 1.807) is 28.4 Å². The lowest BCUT2D eigenvalue weighted by molar-refractivity contribution is 0.0667. The van der Waals surface area contributed by atoms with E-state index in [-0.39, 0.29) is 17.9 Å². The largest absolute Gasteiger partial charge is 0.459 e. The number of imidazole rings is 1. The third-order valence-electron chi connectivity index (χ3n) is 4.81. The number of carbonyl (C=O) groups is 2. The SMILES string of the molecule is O=C(NC1CCN(C(=O)c2ccco2)CC1)c1cc2c(nc3sccn32)s1. The molecule has 5 rings (SSSR count). The van der Waals surface area contributed by atoms with Crippen molar-refractivity contribution in [2.24, 2.45) is 0 Å². The summed E-state index contributed by atoms with van der Waals surface area (Å²) in [6.45, 7) is 1.21. The van der Waals surface area contributed by atoms with Gasteiger partial charge >= 0.3 is 0 Å². The van der Waals surface area contributed by atoms with Gasteiger partial charge in [0.15, 0.2) is 10.7 Å². The van der Waals surface area contributed by atoms with Crippen molar-refractivity contribution < 1.29 is 14.0 Å². The van der Waals surface area contributed by atoms with Crippen LogP contribution in [0.2, 0.25) is 0 Å². The maximum atomic E-state index is 12.6. The van der Waals surface area contributed by atoms with E-state index in [4.69, 9.17) is 4.42 Å². The molecule has 27 heavy (non-hydrogen) atoms. The molecule has 0 bridgehead atoms. The first-order chi connectivity index (χ1) is 13.2. The molecule has 7 nitrogen and oxygen atoms in total. The highest BCUT2D eigenvalue weighted by atomic mass is 32.1. The second-order valence-corrected chi connectivity index (χ2v) is 8.39.